The first kappa shape index (κ1) is 12.7. The lowest BCUT2D eigenvalue weighted by Gasteiger charge is -2.09. The number of benzene rings is 1. The molecule has 1 atom stereocenters. The molecule has 3 rings (SSSR count). The summed E-state index contributed by atoms with van der Waals surface area (Å²) in [7, 11) is 0. The van der Waals surface area contributed by atoms with E-state index in [4.69, 9.17) is 0 Å². The van der Waals surface area contributed by atoms with Crippen LogP contribution in [0.2, 0.25) is 0 Å². The minimum absolute atomic E-state index is 0.0163. The van der Waals surface area contributed by atoms with Gasteiger partial charge in [-0.15, -0.1) is 0 Å². The van der Waals surface area contributed by atoms with Crippen molar-refractivity contribution in [1.29, 1.82) is 0 Å². The van der Waals surface area contributed by atoms with E-state index < -0.39 is 11.8 Å². The summed E-state index contributed by atoms with van der Waals surface area (Å²) < 4.78 is 27.0. The van der Waals surface area contributed by atoms with Crippen molar-refractivity contribution in [3.8, 4) is 5.69 Å². The van der Waals surface area contributed by atoms with Gasteiger partial charge in [0, 0.05) is 18.9 Å². The Bertz CT molecular complexity index is 627. The van der Waals surface area contributed by atoms with Gasteiger partial charge in [0.25, 0.3) is 11.8 Å². The van der Waals surface area contributed by atoms with Crippen LogP contribution in [-0.4, -0.2) is 33.1 Å². The van der Waals surface area contributed by atoms with Gasteiger partial charge in [-0.3, -0.25) is 4.79 Å². The molecule has 1 fully saturated rings. The largest absolute Gasteiger partial charge is 0.351 e. The minimum Gasteiger partial charge on any atom is -0.351 e. The first-order valence-electron chi connectivity index (χ1n) is 6.18. The van der Waals surface area contributed by atoms with Gasteiger partial charge in [-0.25, -0.2) is 18.4 Å². The number of carbonyl (C=O) groups excluding carboxylic acids is 1. The Balaban J connectivity index is 1.75. The highest BCUT2D eigenvalue weighted by Gasteiger charge is 2.56. The van der Waals surface area contributed by atoms with Gasteiger partial charge in [0.15, 0.2) is 0 Å². The highest BCUT2D eigenvalue weighted by atomic mass is 19.3. The average molecular weight is 278 g/mol. The molecule has 0 radical (unpaired) electrons. The molecule has 0 aliphatic heterocycles. The molecule has 5 nitrogen and oxygen atoms in total. The molecule has 104 valence electrons. The van der Waals surface area contributed by atoms with Gasteiger partial charge in [-0.2, -0.15) is 5.10 Å². The number of hydrogen-bond donors (Lipinski definition) is 1. The van der Waals surface area contributed by atoms with Crippen molar-refractivity contribution in [3.05, 3.63) is 42.5 Å². The van der Waals surface area contributed by atoms with Crippen molar-refractivity contribution >= 4 is 5.91 Å². The molecule has 1 aliphatic rings. The second kappa shape index (κ2) is 4.66. The van der Waals surface area contributed by atoms with Crippen molar-refractivity contribution < 1.29 is 13.6 Å². The quantitative estimate of drug-likeness (QED) is 0.925. The van der Waals surface area contributed by atoms with Crippen molar-refractivity contribution in [1.82, 2.24) is 20.1 Å². The second-order valence-electron chi connectivity index (χ2n) is 4.73. The standard InChI is InChI=1S/C13H12F2N4O/c14-13(15)5-9(13)6-17-12(20)10-3-1-2-4-11(10)19-8-16-7-18-19/h1-4,7-9H,5-6H2,(H,17,20). The highest BCUT2D eigenvalue weighted by molar-refractivity contribution is 5.97. The van der Waals surface area contributed by atoms with E-state index in [1.807, 2.05) is 0 Å². The zero-order valence-electron chi connectivity index (χ0n) is 10.5. The van der Waals surface area contributed by atoms with Crippen LogP contribution in [0.5, 0.6) is 0 Å². The molecule has 1 aliphatic carbocycles. The zero-order valence-corrected chi connectivity index (χ0v) is 10.5. The van der Waals surface area contributed by atoms with Crippen molar-refractivity contribution in [3.63, 3.8) is 0 Å². The molecule has 1 N–H and O–H groups in total. The number of alkyl halides is 2. The van der Waals surface area contributed by atoms with E-state index in [0.29, 0.717) is 11.3 Å². The molecule has 1 saturated carbocycles. The molecule has 1 heterocycles. The Morgan fingerprint density at radius 3 is 2.85 bits per heavy atom. The third-order valence-electron chi connectivity index (χ3n) is 3.28. The first-order chi connectivity index (χ1) is 9.58. The Hall–Kier alpha value is -2.31. The Morgan fingerprint density at radius 1 is 1.45 bits per heavy atom. The smallest absolute Gasteiger partial charge is 0.253 e. The summed E-state index contributed by atoms with van der Waals surface area (Å²) in [6.07, 6.45) is 2.68. The summed E-state index contributed by atoms with van der Waals surface area (Å²) in [6.45, 7) is -0.0163. The SMILES string of the molecule is O=C(NCC1CC1(F)F)c1ccccc1-n1cncn1. The molecular weight excluding hydrogens is 266 g/mol. The number of hydrogen-bond acceptors (Lipinski definition) is 3. The summed E-state index contributed by atoms with van der Waals surface area (Å²) in [5.41, 5.74) is 0.937. The predicted molar refractivity (Wildman–Crippen MR) is 66.7 cm³/mol. The van der Waals surface area contributed by atoms with Crippen molar-refractivity contribution in [2.75, 3.05) is 6.54 Å². The number of nitrogens with zero attached hydrogens (tertiary/aromatic N) is 3. The van der Waals surface area contributed by atoms with Crippen LogP contribution < -0.4 is 5.32 Å². The Morgan fingerprint density at radius 2 is 2.20 bits per heavy atom. The molecule has 0 bridgehead atoms. The number of nitrogens with one attached hydrogen (secondary N) is 1. The summed E-state index contributed by atoms with van der Waals surface area (Å²) in [5, 5.41) is 6.50. The molecule has 0 saturated heterocycles. The van der Waals surface area contributed by atoms with Crippen LogP contribution in [-0.2, 0) is 0 Å². The predicted octanol–water partition coefficient (Wildman–Crippen LogP) is 1.65. The lowest BCUT2D eigenvalue weighted by molar-refractivity contribution is 0.0895. The molecule has 0 spiro atoms. The molecule has 20 heavy (non-hydrogen) atoms. The van der Waals surface area contributed by atoms with Gasteiger partial charge in [-0.1, -0.05) is 12.1 Å². The van der Waals surface area contributed by atoms with Crippen LogP contribution in [0.1, 0.15) is 16.8 Å². The fourth-order valence-electron chi connectivity index (χ4n) is 2.00. The maximum absolute atomic E-state index is 12.8. The monoisotopic (exact) mass is 278 g/mol. The molecule has 7 heteroatoms. The summed E-state index contributed by atoms with van der Waals surface area (Å²) in [5.74, 6) is -3.76. The van der Waals surface area contributed by atoms with Gasteiger partial charge < -0.3 is 5.32 Å². The van der Waals surface area contributed by atoms with E-state index in [2.05, 4.69) is 15.4 Å². The van der Waals surface area contributed by atoms with E-state index >= 15 is 0 Å². The normalized spacial score (nSPS) is 19.6. The maximum Gasteiger partial charge on any atom is 0.253 e. The van der Waals surface area contributed by atoms with Crippen LogP contribution in [0.3, 0.4) is 0 Å². The van der Waals surface area contributed by atoms with E-state index in [-0.39, 0.29) is 18.9 Å². The van der Waals surface area contributed by atoms with Gasteiger partial charge >= 0.3 is 0 Å². The maximum atomic E-state index is 12.8. The van der Waals surface area contributed by atoms with Crippen molar-refractivity contribution in [2.24, 2.45) is 5.92 Å². The van der Waals surface area contributed by atoms with Gasteiger partial charge in [0.1, 0.15) is 12.7 Å². The molecule has 1 aromatic heterocycles. The van der Waals surface area contributed by atoms with Crippen molar-refractivity contribution in [2.45, 2.75) is 12.3 Å². The lowest BCUT2D eigenvalue weighted by atomic mass is 10.1. The molecule has 1 unspecified atom stereocenters. The van der Waals surface area contributed by atoms with E-state index in [9.17, 15) is 13.6 Å². The number of amides is 1. The van der Waals surface area contributed by atoms with E-state index in [0.717, 1.165) is 0 Å². The zero-order chi connectivity index (χ0) is 14.2. The van der Waals surface area contributed by atoms with Crippen LogP contribution in [0.25, 0.3) is 5.69 Å². The summed E-state index contributed by atoms with van der Waals surface area (Å²) in [4.78, 5) is 15.9. The topological polar surface area (TPSA) is 59.8 Å². The van der Waals surface area contributed by atoms with Crippen LogP contribution in [0, 0.1) is 5.92 Å². The summed E-state index contributed by atoms with van der Waals surface area (Å²) in [6, 6.07) is 6.82. The molecule has 1 aromatic carbocycles. The highest BCUT2D eigenvalue weighted by Crippen LogP contribution is 2.47. The third kappa shape index (κ3) is 2.38. The number of carbonyl (C=O) groups is 1. The summed E-state index contributed by atoms with van der Waals surface area (Å²) >= 11 is 0. The fourth-order valence-corrected chi connectivity index (χ4v) is 2.00. The van der Waals surface area contributed by atoms with Gasteiger partial charge in [-0.05, 0) is 12.1 Å². The number of rotatable bonds is 4. The van der Waals surface area contributed by atoms with Crippen LogP contribution in [0.4, 0.5) is 8.78 Å². The van der Waals surface area contributed by atoms with E-state index in [1.165, 1.54) is 17.3 Å². The Kier molecular flexibility index (Phi) is 2.96. The van der Waals surface area contributed by atoms with E-state index in [1.54, 1.807) is 24.3 Å². The van der Waals surface area contributed by atoms with Gasteiger partial charge in [0.2, 0.25) is 0 Å². The number of aromatic nitrogens is 3. The molecule has 1 amide bonds. The van der Waals surface area contributed by atoms with Gasteiger partial charge in [0.05, 0.1) is 11.3 Å². The lowest BCUT2D eigenvalue weighted by Crippen LogP contribution is -2.28. The van der Waals surface area contributed by atoms with Crippen LogP contribution >= 0.6 is 0 Å². The van der Waals surface area contributed by atoms with Crippen LogP contribution in [0.15, 0.2) is 36.9 Å². The first-order valence-corrected chi connectivity index (χ1v) is 6.18. The molecular formula is C13H12F2N4O. The number of para-hydroxylation sites is 1. The third-order valence-corrected chi connectivity index (χ3v) is 3.28. The number of halogens is 2. The molecule has 2 aromatic rings. The Labute approximate surface area is 113 Å². The second-order valence-corrected chi connectivity index (χ2v) is 4.73. The minimum atomic E-state index is -2.63. The fraction of sp³-hybridized carbons (Fsp3) is 0.308. The average Bonchev–Trinajstić information content (AvgIpc) is 2.84.